The van der Waals surface area contributed by atoms with Gasteiger partial charge in [0.2, 0.25) is 0 Å². The summed E-state index contributed by atoms with van der Waals surface area (Å²) in [6, 6.07) is 0. The van der Waals surface area contributed by atoms with E-state index in [1.165, 1.54) is 62.1 Å². The third kappa shape index (κ3) is 6.86. The summed E-state index contributed by atoms with van der Waals surface area (Å²) in [5.74, 6) is 2.61. The second-order valence-electron chi connectivity index (χ2n) is 10.4. The van der Waals surface area contributed by atoms with Crippen molar-refractivity contribution in [1.29, 1.82) is 0 Å². The molecular formula is C26H37N3O2S2. The van der Waals surface area contributed by atoms with Crippen LogP contribution >= 0.6 is 22.7 Å². The van der Waals surface area contributed by atoms with Gasteiger partial charge in [0.25, 0.3) is 5.19 Å². The average Bonchev–Trinajstić information content (AvgIpc) is 3.48. The van der Waals surface area contributed by atoms with Crippen molar-refractivity contribution in [1.82, 2.24) is 14.9 Å². The molecule has 0 amide bonds. The van der Waals surface area contributed by atoms with E-state index in [2.05, 4.69) is 9.88 Å². The van der Waals surface area contributed by atoms with Crippen LogP contribution in [0.5, 0.6) is 5.19 Å². The van der Waals surface area contributed by atoms with Gasteiger partial charge < -0.3 is 9.64 Å². The molecule has 1 aliphatic heterocycles. The van der Waals surface area contributed by atoms with Crippen molar-refractivity contribution in [3.63, 3.8) is 0 Å². The van der Waals surface area contributed by atoms with E-state index in [1.54, 1.807) is 22.7 Å². The minimum atomic E-state index is 0.397. The number of ketones is 1. The summed E-state index contributed by atoms with van der Waals surface area (Å²) in [6.07, 6.45) is 14.4. The number of ether oxygens (including phenoxy) is 1. The van der Waals surface area contributed by atoms with Crippen LogP contribution in [-0.2, 0) is 24.1 Å². The summed E-state index contributed by atoms with van der Waals surface area (Å²) in [4.78, 5) is 26.7. The summed E-state index contributed by atoms with van der Waals surface area (Å²) in [6.45, 7) is 6.35. The largest absolute Gasteiger partial charge is 0.470 e. The van der Waals surface area contributed by atoms with Crippen LogP contribution in [0.2, 0.25) is 0 Å². The van der Waals surface area contributed by atoms with E-state index in [0.29, 0.717) is 18.1 Å². The first-order chi connectivity index (χ1) is 16.1. The van der Waals surface area contributed by atoms with Gasteiger partial charge in [0, 0.05) is 48.3 Å². The third-order valence-electron chi connectivity index (χ3n) is 7.59. The van der Waals surface area contributed by atoms with Crippen LogP contribution in [-0.4, -0.2) is 46.9 Å². The Bertz CT molecular complexity index is 902. The number of Topliss-reactive ketones (excluding diaryl/α,β-unsaturated/α-hetero) is 1. The smallest absolute Gasteiger partial charge is 0.273 e. The molecule has 0 radical (unpaired) electrons. The predicted molar refractivity (Wildman–Crippen MR) is 134 cm³/mol. The molecule has 2 saturated carbocycles. The SMILES string of the molecule is Cc1ncc(CC(=O)CC2CCC(CCN3CCc4nc(OCC5CC5)sc4CC3)CC2)s1. The molecule has 0 aromatic carbocycles. The van der Waals surface area contributed by atoms with Gasteiger partial charge in [-0.15, -0.1) is 11.3 Å². The Balaban J connectivity index is 0.984. The predicted octanol–water partition coefficient (Wildman–Crippen LogP) is 5.50. The van der Waals surface area contributed by atoms with E-state index >= 15 is 0 Å². The lowest BCUT2D eigenvalue weighted by Crippen LogP contribution is -2.30. The van der Waals surface area contributed by atoms with Crippen LogP contribution in [0, 0.1) is 24.7 Å². The van der Waals surface area contributed by atoms with Crippen molar-refractivity contribution < 1.29 is 9.53 Å². The van der Waals surface area contributed by atoms with Gasteiger partial charge in [0.15, 0.2) is 0 Å². The van der Waals surface area contributed by atoms with Crippen molar-refractivity contribution >= 4 is 28.5 Å². The molecular weight excluding hydrogens is 450 g/mol. The Morgan fingerprint density at radius 3 is 2.58 bits per heavy atom. The second kappa shape index (κ2) is 11.0. The molecule has 0 N–H and O–H groups in total. The molecule has 2 fully saturated rings. The molecule has 180 valence electrons. The summed E-state index contributed by atoms with van der Waals surface area (Å²) < 4.78 is 5.91. The Morgan fingerprint density at radius 1 is 1.06 bits per heavy atom. The Kier molecular flexibility index (Phi) is 7.78. The van der Waals surface area contributed by atoms with Gasteiger partial charge in [-0.25, -0.2) is 9.97 Å². The van der Waals surface area contributed by atoms with Crippen LogP contribution in [0.1, 0.15) is 71.8 Å². The van der Waals surface area contributed by atoms with E-state index in [9.17, 15) is 4.79 Å². The highest BCUT2D eigenvalue weighted by molar-refractivity contribution is 7.13. The quantitative estimate of drug-likeness (QED) is 0.443. The normalized spacial score (nSPS) is 23.8. The van der Waals surface area contributed by atoms with Crippen molar-refractivity contribution in [3.05, 3.63) is 26.7 Å². The number of aromatic nitrogens is 2. The molecule has 0 atom stereocenters. The molecule has 5 nitrogen and oxygen atoms in total. The maximum atomic E-state index is 12.5. The maximum absolute atomic E-state index is 12.5. The number of carbonyl (C=O) groups excluding carboxylic acids is 1. The first kappa shape index (κ1) is 23.4. The Labute approximate surface area is 206 Å². The molecule has 3 aliphatic rings. The van der Waals surface area contributed by atoms with Crippen LogP contribution in [0.4, 0.5) is 0 Å². The van der Waals surface area contributed by atoms with Crippen LogP contribution in [0.3, 0.4) is 0 Å². The van der Waals surface area contributed by atoms with Gasteiger partial charge in [0.1, 0.15) is 5.78 Å². The number of aryl methyl sites for hydroxylation is 1. The first-order valence-corrected chi connectivity index (χ1v) is 14.5. The lowest BCUT2D eigenvalue weighted by atomic mass is 9.78. The summed E-state index contributed by atoms with van der Waals surface area (Å²) in [5, 5.41) is 1.95. The molecule has 0 bridgehead atoms. The minimum absolute atomic E-state index is 0.397. The Hall–Kier alpha value is -1.31. The average molecular weight is 488 g/mol. The maximum Gasteiger partial charge on any atom is 0.273 e. The van der Waals surface area contributed by atoms with Crippen LogP contribution in [0.25, 0.3) is 0 Å². The lowest BCUT2D eigenvalue weighted by Gasteiger charge is -2.30. The van der Waals surface area contributed by atoms with Crippen LogP contribution < -0.4 is 4.74 Å². The van der Waals surface area contributed by atoms with E-state index in [-0.39, 0.29) is 0 Å². The standard InChI is InChI=1S/C26H37N3O2S2/c1-18-27-16-23(32-18)15-22(30)14-20-4-2-19(3-5-20)8-11-29-12-9-24-25(10-13-29)33-26(28-24)31-17-21-6-7-21/h16,19-21H,2-15,17H2,1H3. The molecule has 0 saturated heterocycles. The number of thiazole rings is 2. The van der Waals surface area contributed by atoms with Gasteiger partial charge in [0.05, 0.1) is 17.3 Å². The number of fused-ring (bicyclic) bond motifs is 1. The highest BCUT2D eigenvalue weighted by Crippen LogP contribution is 2.35. The van der Waals surface area contributed by atoms with Gasteiger partial charge in [-0.2, -0.15) is 0 Å². The Morgan fingerprint density at radius 2 is 1.82 bits per heavy atom. The molecule has 7 heteroatoms. The third-order valence-corrected chi connectivity index (χ3v) is 9.58. The number of hydrogen-bond acceptors (Lipinski definition) is 7. The minimum Gasteiger partial charge on any atom is -0.470 e. The zero-order chi connectivity index (χ0) is 22.6. The number of carbonyl (C=O) groups is 1. The number of rotatable bonds is 10. The molecule has 2 aromatic heterocycles. The molecule has 0 spiro atoms. The first-order valence-electron chi connectivity index (χ1n) is 12.9. The fourth-order valence-electron chi connectivity index (χ4n) is 5.31. The molecule has 2 aliphatic carbocycles. The van der Waals surface area contributed by atoms with Gasteiger partial charge in [-0.1, -0.05) is 24.2 Å². The second-order valence-corrected chi connectivity index (χ2v) is 12.8. The van der Waals surface area contributed by atoms with Crippen molar-refractivity contribution in [2.24, 2.45) is 17.8 Å². The number of hydrogen-bond donors (Lipinski definition) is 0. The molecule has 5 rings (SSSR count). The van der Waals surface area contributed by atoms with Gasteiger partial charge >= 0.3 is 0 Å². The summed E-state index contributed by atoms with van der Waals surface area (Å²) in [5.41, 5.74) is 1.28. The fraction of sp³-hybridized carbons (Fsp3) is 0.731. The fourth-order valence-corrected chi connectivity index (χ4v) is 7.09. The van der Waals surface area contributed by atoms with E-state index in [1.807, 2.05) is 13.1 Å². The number of nitrogens with zero attached hydrogens (tertiary/aromatic N) is 3. The topological polar surface area (TPSA) is 55.3 Å². The highest BCUT2D eigenvalue weighted by Gasteiger charge is 2.26. The zero-order valence-electron chi connectivity index (χ0n) is 19.9. The van der Waals surface area contributed by atoms with E-state index in [4.69, 9.17) is 9.72 Å². The van der Waals surface area contributed by atoms with Crippen molar-refractivity contribution in [2.45, 2.75) is 77.6 Å². The lowest BCUT2D eigenvalue weighted by molar-refractivity contribution is -0.119. The van der Waals surface area contributed by atoms with Crippen molar-refractivity contribution in [3.8, 4) is 5.19 Å². The van der Waals surface area contributed by atoms with E-state index in [0.717, 1.165) is 65.9 Å². The highest BCUT2D eigenvalue weighted by atomic mass is 32.1. The molecule has 2 aromatic rings. The van der Waals surface area contributed by atoms with Crippen LogP contribution in [0.15, 0.2) is 6.20 Å². The van der Waals surface area contributed by atoms with Crippen molar-refractivity contribution in [2.75, 3.05) is 26.2 Å². The van der Waals surface area contributed by atoms with Gasteiger partial charge in [-0.3, -0.25) is 4.79 Å². The molecule has 3 heterocycles. The van der Waals surface area contributed by atoms with Gasteiger partial charge in [-0.05, 0) is 69.7 Å². The van der Waals surface area contributed by atoms with E-state index < -0.39 is 0 Å². The zero-order valence-corrected chi connectivity index (χ0v) is 21.5. The summed E-state index contributed by atoms with van der Waals surface area (Å²) in [7, 11) is 0. The summed E-state index contributed by atoms with van der Waals surface area (Å²) >= 11 is 3.44. The molecule has 0 unspecified atom stereocenters. The molecule has 33 heavy (non-hydrogen) atoms. The monoisotopic (exact) mass is 487 g/mol.